The van der Waals surface area contributed by atoms with Gasteiger partial charge in [0.2, 0.25) is 0 Å². The summed E-state index contributed by atoms with van der Waals surface area (Å²) in [6, 6.07) is 10.3. The fourth-order valence-corrected chi connectivity index (χ4v) is 3.48. The molecule has 14 heavy (non-hydrogen) atoms. The van der Waals surface area contributed by atoms with E-state index < -0.39 is 0 Å². The maximum absolute atomic E-state index is 5.32. The Morgan fingerprint density at radius 1 is 1.29 bits per heavy atom. The van der Waals surface area contributed by atoms with Gasteiger partial charge in [0.1, 0.15) is 5.75 Å². The third-order valence-corrected chi connectivity index (χ3v) is 4.53. The predicted octanol–water partition coefficient (Wildman–Crippen LogP) is 4.07. The Labute approximate surface area is 91.0 Å². The molecule has 2 aromatic rings. The second-order valence-corrected chi connectivity index (χ2v) is 5.40. The van der Waals surface area contributed by atoms with E-state index in [9.17, 15) is 0 Å². The van der Waals surface area contributed by atoms with Crippen molar-refractivity contribution in [2.45, 2.75) is 6.92 Å². The van der Waals surface area contributed by atoms with E-state index in [0.717, 1.165) is 5.75 Å². The molecule has 0 fully saturated rings. The summed E-state index contributed by atoms with van der Waals surface area (Å²) in [4.78, 5) is 2.63. The molecule has 2 rings (SSSR count). The summed E-state index contributed by atoms with van der Waals surface area (Å²) in [5.74, 6) is 0.946. The molecule has 0 unspecified atom stereocenters. The van der Waals surface area contributed by atoms with Crippen molar-refractivity contribution in [1.82, 2.24) is 0 Å². The first-order valence-corrected chi connectivity index (χ1v) is 6.49. The number of hydrogen-bond donors (Lipinski definition) is 0. The smallest absolute Gasteiger partial charge is 0.300 e. The molecule has 3 heteroatoms. The van der Waals surface area contributed by atoms with E-state index in [4.69, 9.17) is 4.74 Å². The number of aryl methyl sites for hydroxylation is 1. The number of methoxy groups -OCH3 is 1. The molecule has 0 N–H and O–H groups in total. The fourth-order valence-electron chi connectivity index (χ4n) is 1.31. The molecule has 0 bridgehead atoms. The summed E-state index contributed by atoms with van der Waals surface area (Å²) in [6.45, 7) is 2.13. The van der Waals surface area contributed by atoms with E-state index in [0.29, 0.717) is 0 Å². The van der Waals surface area contributed by atoms with Gasteiger partial charge in [-0.05, 0) is 19.1 Å². The Morgan fingerprint density at radius 2 is 2.07 bits per heavy atom. The Bertz CT molecular complexity index is 434. The maximum atomic E-state index is 5.32. The maximum Gasteiger partial charge on any atom is 0.300 e. The first-order valence-electron chi connectivity index (χ1n) is 4.34. The van der Waals surface area contributed by atoms with Crippen LogP contribution < -0.4 is 4.74 Å². The molecule has 1 aromatic heterocycles. The topological polar surface area (TPSA) is 9.23 Å². The average molecular weight is 223 g/mol. The summed E-state index contributed by atoms with van der Waals surface area (Å²) in [5.41, 5.74) is 1.18. The third kappa shape index (κ3) is 1.79. The van der Waals surface area contributed by atoms with Crippen molar-refractivity contribution in [3.63, 3.8) is 0 Å². The normalized spacial score (nSPS) is 10.1. The van der Waals surface area contributed by atoms with E-state index in [2.05, 4.69) is 19.1 Å². The quantitative estimate of drug-likeness (QED) is 0.550. The number of rotatable bonds is 2. The monoisotopic (exact) mass is 223 g/mol. The molecule has 0 amide bonds. The summed E-state index contributed by atoms with van der Waals surface area (Å²) in [7, 11) is 5.31. The van der Waals surface area contributed by atoms with Gasteiger partial charge in [0, 0.05) is 6.07 Å². The van der Waals surface area contributed by atoms with Crippen LogP contribution >= 0.6 is 20.7 Å². The van der Waals surface area contributed by atoms with Gasteiger partial charge in [-0.15, -0.1) is 0 Å². The standard InChI is InChI=1S/C11H11OS2/c1-8-7-11(14-13-8)9-5-3-4-6-10(9)12-2/h3-7H,1-2H3/q+1. The average Bonchev–Trinajstić information content (AvgIpc) is 2.65. The van der Waals surface area contributed by atoms with Gasteiger partial charge >= 0.3 is 10.3 Å². The molecule has 1 aromatic carbocycles. The van der Waals surface area contributed by atoms with Crippen LogP contribution in [-0.2, 0) is 0 Å². The van der Waals surface area contributed by atoms with Crippen molar-refractivity contribution in [2.75, 3.05) is 7.11 Å². The number of hydrogen-bond acceptors (Lipinski definition) is 2. The first kappa shape index (κ1) is 9.62. The summed E-state index contributed by atoms with van der Waals surface area (Å²) in [5, 5.41) is 0. The van der Waals surface area contributed by atoms with Crippen LogP contribution in [0, 0.1) is 6.92 Å². The van der Waals surface area contributed by atoms with E-state index in [1.54, 1.807) is 27.8 Å². The van der Waals surface area contributed by atoms with Gasteiger partial charge < -0.3 is 4.74 Å². The molecule has 1 nitrogen and oxygen atoms in total. The lowest BCUT2D eigenvalue weighted by Gasteiger charge is -2.01. The zero-order valence-corrected chi connectivity index (χ0v) is 9.74. The second-order valence-electron chi connectivity index (χ2n) is 2.99. The largest absolute Gasteiger partial charge is 0.496 e. The van der Waals surface area contributed by atoms with Gasteiger partial charge in [-0.2, -0.15) is 0 Å². The van der Waals surface area contributed by atoms with Gasteiger partial charge in [-0.1, -0.05) is 12.1 Å². The van der Waals surface area contributed by atoms with Crippen molar-refractivity contribution >= 4 is 20.7 Å². The summed E-state index contributed by atoms with van der Waals surface area (Å²) in [6.07, 6.45) is 0. The number of para-hydroxylation sites is 1. The minimum absolute atomic E-state index is 0.946. The van der Waals surface area contributed by atoms with Crippen molar-refractivity contribution in [3.8, 4) is 16.2 Å². The van der Waals surface area contributed by atoms with Crippen LogP contribution in [0.4, 0.5) is 0 Å². The molecule has 0 radical (unpaired) electrons. The van der Waals surface area contributed by atoms with Crippen LogP contribution in [0.25, 0.3) is 10.4 Å². The molecule has 0 spiro atoms. The highest BCUT2D eigenvalue weighted by molar-refractivity contribution is 7.70. The van der Waals surface area contributed by atoms with Crippen LogP contribution in [-0.4, -0.2) is 7.11 Å². The van der Waals surface area contributed by atoms with Gasteiger partial charge in [-0.25, -0.2) is 0 Å². The van der Waals surface area contributed by atoms with E-state index in [1.165, 1.54) is 15.3 Å². The van der Waals surface area contributed by atoms with Gasteiger partial charge in [0.25, 0.3) is 4.88 Å². The number of ether oxygens (including phenoxy) is 1. The Hall–Kier alpha value is -0.930. The van der Waals surface area contributed by atoms with E-state index >= 15 is 0 Å². The SMILES string of the molecule is COc1ccccc1-c1cc(C)s[s+]1. The minimum atomic E-state index is 0.946. The van der Waals surface area contributed by atoms with Crippen molar-refractivity contribution in [2.24, 2.45) is 0 Å². The van der Waals surface area contributed by atoms with E-state index in [1.807, 2.05) is 18.2 Å². The molecule has 0 aliphatic heterocycles. The third-order valence-electron chi connectivity index (χ3n) is 1.97. The molecule has 1 heterocycles. The highest BCUT2D eigenvalue weighted by Crippen LogP contribution is 2.36. The van der Waals surface area contributed by atoms with Gasteiger partial charge in [-0.3, -0.25) is 0 Å². The zero-order valence-electron chi connectivity index (χ0n) is 8.11. The van der Waals surface area contributed by atoms with Gasteiger partial charge in [0.15, 0.2) is 10.3 Å². The predicted molar refractivity (Wildman–Crippen MR) is 63.3 cm³/mol. The zero-order chi connectivity index (χ0) is 9.97. The van der Waals surface area contributed by atoms with Crippen LogP contribution in [0.5, 0.6) is 5.75 Å². The molecule has 0 saturated carbocycles. The Kier molecular flexibility index (Phi) is 2.79. The first-order chi connectivity index (χ1) is 6.81. The van der Waals surface area contributed by atoms with E-state index in [-0.39, 0.29) is 0 Å². The summed E-state index contributed by atoms with van der Waals surface area (Å²) >= 11 is 0. The molecule has 0 atom stereocenters. The lowest BCUT2D eigenvalue weighted by Crippen LogP contribution is -1.84. The van der Waals surface area contributed by atoms with Gasteiger partial charge in [0.05, 0.1) is 17.6 Å². The number of benzene rings is 1. The van der Waals surface area contributed by atoms with Crippen LogP contribution in [0.3, 0.4) is 0 Å². The molecule has 0 saturated heterocycles. The van der Waals surface area contributed by atoms with Crippen LogP contribution in [0.1, 0.15) is 4.88 Å². The Balaban J connectivity index is 2.50. The minimum Gasteiger partial charge on any atom is -0.496 e. The fraction of sp³-hybridized carbons (Fsp3) is 0.182. The molecular weight excluding hydrogens is 212 g/mol. The molecule has 0 aliphatic carbocycles. The van der Waals surface area contributed by atoms with Crippen LogP contribution in [0.2, 0.25) is 0 Å². The highest BCUT2D eigenvalue weighted by atomic mass is 32.9. The summed E-state index contributed by atoms with van der Waals surface area (Å²) < 4.78 is 5.32. The lowest BCUT2D eigenvalue weighted by molar-refractivity contribution is 0.416. The van der Waals surface area contributed by atoms with Crippen molar-refractivity contribution in [1.29, 1.82) is 0 Å². The lowest BCUT2D eigenvalue weighted by atomic mass is 10.1. The van der Waals surface area contributed by atoms with Crippen LogP contribution in [0.15, 0.2) is 30.3 Å². The molecule has 0 aliphatic rings. The Morgan fingerprint density at radius 3 is 2.71 bits per heavy atom. The molecular formula is C11H11OS2+. The van der Waals surface area contributed by atoms with Crippen molar-refractivity contribution in [3.05, 3.63) is 35.2 Å². The highest BCUT2D eigenvalue weighted by Gasteiger charge is 2.17. The molecule has 72 valence electrons. The second kappa shape index (κ2) is 4.07. The van der Waals surface area contributed by atoms with Crippen molar-refractivity contribution < 1.29 is 4.74 Å².